The number of hydrogen-bond acceptors (Lipinski definition) is 4. The predicted molar refractivity (Wildman–Crippen MR) is 88.1 cm³/mol. The Labute approximate surface area is 128 Å². The first-order valence-electron chi connectivity index (χ1n) is 7.74. The van der Waals surface area contributed by atoms with Crippen molar-refractivity contribution >= 4 is 17.7 Å². The van der Waals surface area contributed by atoms with Gasteiger partial charge in [-0.05, 0) is 24.9 Å². The number of thioether (sulfide) groups is 1. The van der Waals surface area contributed by atoms with Crippen LogP contribution in [0.3, 0.4) is 0 Å². The van der Waals surface area contributed by atoms with Crippen LogP contribution in [0, 0.1) is 5.41 Å². The van der Waals surface area contributed by atoms with Gasteiger partial charge in [0, 0.05) is 31.4 Å². The van der Waals surface area contributed by atoms with Crippen LogP contribution in [0.5, 0.6) is 0 Å². The summed E-state index contributed by atoms with van der Waals surface area (Å²) in [4.78, 5) is 16.6. The fourth-order valence-electron chi connectivity index (χ4n) is 2.57. The van der Waals surface area contributed by atoms with Crippen LogP contribution >= 0.6 is 11.8 Å². The Morgan fingerprint density at radius 2 is 2.05 bits per heavy atom. The molecule has 0 aromatic heterocycles. The smallest absolute Gasteiger partial charge is 0.232 e. The number of hydrogen-bond donors (Lipinski definition) is 1. The molecule has 1 rings (SSSR count). The maximum atomic E-state index is 12.2. The van der Waals surface area contributed by atoms with Crippen molar-refractivity contribution < 1.29 is 4.79 Å². The molecule has 0 radical (unpaired) electrons. The Hall–Kier alpha value is -0.260. The molecule has 1 unspecified atom stereocenters. The third kappa shape index (κ3) is 5.26. The van der Waals surface area contributed by atoms with Crippen molar-refractivity contribution in [3.63, 3.8) is 0 Å². The molecule has 0 bridgehead atoms. The van der Waals surface area contributed by atoms with Gasteiger partial charge in [0.05, 0.1) is 5.75 Å². The SMILES string of the molecule is CCN(CC)CCSCC(=O)N1CCC(N)C(C)(C)C1. The number of amides is 1. The zero-order valence-corrected chi connectivity index (χ0v) is 14.3. The quantitative estimate of drug-likeness (QED) is 0.727. The lowest BCUT2D eigenvalue weighted by molar-refractivity contribution is -0.131. The van der Waals surface area contributed by atoms with E-state index in [1.54, 1.807) is 11.8 Å². The van der Waals surface area contributed by atoms with Crippen LogP contribution < -0.4 is 5.73 Å². The van der Waals surface area contributed by atoms with Crippen LogP contribution in [-0.4, -0.2) is 66.0 Å². The molecule has 118 valence electrons. The molecule has 5 heteroatoms. The van der Waals surface area contributed by atoms with Gasteiger partial charge in [0.25, 0.3) is 0 Å². The van der Waals surface area contributed by atoms with Crippen LogP contribution in [0.2, 0.25) is 0 Å². The summed E-state index contributed by atoms with van der Waals surface area (Å²) in [5.41, 5.74) is 6.15. The molecule has 4 nitrogen and oxygen atoms in total. The third-order valence-electron chi connectivity index (χ3n) is 4.34. The van der Waals surface area contributed by atoms with Crippen LogP contribution in [0.4, 0.5) is 0 Å². The molecule has 1 amide bonds. The van der Waals surface area contributed by atoms with Gasteiger partial charge in [0.15, 0.2) is 0 Å². The van der Waals surface area contributed by atoms with Gasteiger partial charge in [-0.1, -0.05) is 27.7 Å². The van der Waals surface area contributed by atoms with Gasteiger partial charge >= 0.3 is 0 Å². The number of nitrogens with zero attached hydrogens (tertiary/aromatic N) is 2. The molecule has 1 atom stereocenters. The lowest BCUT2D eigenvalue weighted by Gasteiger charge is -2.42. The summed E-state index contributed by atoms with van der Waals surface area (Å²) < 4.78 is 0. The lowest BCUT2D eigenvalue weighted by atomic mass is 9.80. The van der Waals surface area contributed by atoms with Crippen LogP contribution in [0.1, 0.15) is 34.1 Å². The van der Waals surface area contributed by atoms with E-state index in [2.05, 4.69) is 32.6 Å². The summed E-state index contributed by atoms with van der Waals surface area (Å²) in [6.45, 7) is 13.5. The minimum atomic E-state index is 0.0415. The molecule has 0 aromatic rings. The molecule has 0 spiro atoms. The van der Waals surface area contributed by atoms with E-state index in [0.717, 1.165) is 44.9 Å². The first-order valence-corrected chi connectivity index (χ1v) is 8.89. The molecule has 1 aliphatic rings. The summed E-state index contributed by atoms with van der Waals surface area (Å²) >= 11 is 1.75. The maximum absolute atomic E-state index is 12.2. The van der Waals surface area contributed by atoms with Crippen molar-refractivity contribution in [2.45, 2.75) is 40.2 Å². The highest BCUT2D eigenvalue weighted by atomic mass is 32.2. The molecule has 0 aliphatic carbocycles. The number of likely N-dealkylation sites (tertiary alicyclic amines) is 1. The second kappa shape index (κ2) is 8.25. The molecule has 1 heterocycles. The summed E-state index contributed by atoms with van der Waals surface area (Å²) in [5.74, 6) is 1.91. The fourth-order valence-corrected chi connectivity index (χ4v) is 3.46. The molecule has 1 saturated heterocycles. The molecule has 1 fully saturated rings. The van der Waals surface area contributed by atoms with Gasteiger partial charge in [0.2, 0.25) is 5.91 Å². The van der Waals surface area contributed by atoms with E-state index in [1.165, 1.54) is 0 Å². The average Bonchev–Trinajstić information content (AvgIpc) is 2.41. The minimum absolute atomic E-state index is 0.0415. The van der Waals surface area contributed by atoms with Crippen LogP contribution in [-0.2, 0) is 4.79 Å². The number of nitrogens with two attached hydrogens (primary N) is 1. The van der Waals surface area contributed by atoms with Crippen molar-refractivity contribution in [1.82, 2.24) is 9.80 Å². The Balaban J connectivity index is 2.26. The van der Waals surface area contributed by atoms with E-state index in [9.17, 15) is 4.79 Å². The first-order chi connectivity index (χ1) is 9.40. The number of carbonyl (C=O) groups is 1. The Morgan fingerprint density at radius 3 is 2.60 bits per heavy atom. The second-order valence-electron chi connectivity index (χ2n) is 6.28. The Kier molecular flexibility index (Phi) is 7.34. The van der Waals surface area contributed by atoms with Gasteiger partial charge in [-0.25, -0.2) is 0 Å². The van der Waals surface area contributed by atoms with E-state index >= 15 is 0 Å². The highest BCUT2D eigenvalue weighted by molar-refractivity contribution is 7.99. The first kappa shape index (κ1) is 17.8. The van der Waals surface area contributed by atoms with E-state index in [-0.39, 0.29) is 17.4 Å². The van der Waals surface area contributed by atoms with E-state index in [0.29, 0.717) is 5.75 Å². The minimum Gasteiger partial charge on any atom is -0.341 e. The van der Waals surface area contributed by atoms with Crippen LogP contribution in [0.25, 0.3) is 0 Å². The topological polar surface area (TPSA) is 49.6 Å². The average molecular weight is 302 g/mol. The summed E-state index contributed by atoms with van der Waals surface area (Å²) in [5, 5.41) is 0. The van der Waals surface area contributed by atoms with Gasteiger partial charge < -0.3 is 15.5 Å². The Morgan fingerprint density at radius 1 is 1.40 bits per heavy atom. The van der Waals surface area contributed by atoms with Crippen LogP contribution in [0.15, 0.2) is 0 Å². The van der Waals surface area contributed by atoms with Gasteiger partial charge in [-0.3, -0.25) is 4.79 Å². The molecular formula is C15H31N3OS. The van der Waals surface area contributed by atoms with Crippen molar-refractivity contribution in [1.29, 1.82) is 0 Å². The largest absolute Gasteiger partial charge is 0.341 e. The zero-order valence-electron chi connectivity index (χ0n) is 13.5. The zero-order chi connectivity index (χ0) is 15.2. The molecule has 1 aliphatic heterocycles. The summed E-state index contributed by atoms with van der Waals surface area (Å²) in [6, 6.07) is 0.210. The molecule has 2 N–H and O–H groups in total. The standard InChI is InChI=1S/C15H31N3OS/c1-5-17(6-2)9-10-20-11-14(19)18-8-7-13(16)15(3,4)12-18/h13H,5-12,16H2,1-4H3. The molecule has 0 aromatic carbocycles. The van der Waals surface area contributed by atoms with Crippen molar-refractivity contribution in [2.75, 3.05) is 44.2 Å². The second-order valence-corrected chi connectivity index (χ2v) is 7.38. The van der Waals surface area contributed by atoms with E-state index in [1.807, 2.05) is 4.90 Å². The summed E-state index contributed by atoms with van der Waals surface area (Å²) in [7, 11) is 0. The molecule has 0 saturated carbocycles. The predicted octanol–water partition coefficient (Wildman–Crippen LogP) is 1.65. The van der Waals surface area contributed by atoms with E-state index in [4.69, 9.17) is 5.73 Å². The molecule has 20 heavy (non-hydrogen) atoms. The van der Waals surface area contributed by atoms with Gasteiger partial charge in [-0.15, -0.1) is 0 Å². The lowest BCUT2D eigenvalue weighted by Crippen LogP contribution is -2.54. The summed E-state index contributed by atoms with van der Waals surface area (Å²) in [6.07, 6.45) is 0.919. The third-order valence-corrected chi connectivity index (χ3v) is 5.26. The monoisotopic (exact) mass is 301 g/mol. The normalized spacial score (nSPS) is 22.3. The highest BCUT2D eigenvalue weighted by Gasteiger charge is 2.35. The maximum Gasteiger partial charge on any atom is 0.232 e. The number of piperidine rings is 1. The van der Waals surface area contributed by atoms with Crippen molar-refractivity contribution in [3.05, 3.63) is 0 Å². The van der Waals surface area contributed by atoms with E-state index < -0.39 is 0 Å². The number of carbonyl (C=O) groups excluding carboxylic acids is 1. The molecular weight excluding hydrogens is 270 g/mol. The van der Waals surface area contributed by atoms with Gasteiger partial charge in [-0.2, -0.15) is 11.8 Å². The highest BCUT2D eigenvalue weighted by Crippen LogP contribution is 2.27. The fraction of sp³-hybridized carbons (Fsp3) is 0.933. The van der Waals surface area contributed by atoms with Crippen molar-refractivity contribution in [3.8, 4) is 0 Å². The van der Waals surface area contributed by atoms with Crippen molar-refractivity contribution in [2.24, 2.45) is 11.1 Å². The Bertz CT molecular complexity index is 305. The number of rotatable bonds is 7. The van der Waals surface area contributed by atoms with Gasteiger partial charge in [0.1, 0.15) is 0 Å².